The Hall–Kier alpha value is -3.89. The molecule has 2 heterocycles. The number of non-ortho nitro benzene ring substituents is 1. The number of hydrogen-bond donors (Lipinski definition) is 1. The minimum atomic E-state index is -3.69. The van der Waals surface area contributed by atoms with Crippen LogP contribution < -0.4 is 5.32 Å². The Labute approximate surface area is 186 Å². The van der Waals surface area contributed by atoms with Gasteiger partial charge in [-0.1, -0.05) is 0 Å². The summed E-state index contributed by atoms with van der Waals surface area (Å²) in [6.07, 6.45) is 1.21. The molecular formula is C19H15N5O6S2. The highest BCUT2D eigenvalue weighted by Crippen LogP contribution is 2.26. The van der Waals surface area contributed by atoms with E-state index in [2.05, 4.69) is 14.7 Å². The number of carbonyl (C=O) groups excluding carboxylic acids is 1. The monoisotopic (exact) mass is 473 g/mol. The first-order valence-corrected chi connectivity index (χ1v) is 11.3. The number of nitro groups is 1. The van der Waals surface area contributed by atoms with Crippen LogP contribution in [0, 0.1) is 21.4 Å². The topological polar surface area (TPSA) is 169 Å². The molecule has 3 rings (SSSR count). The first kappa shape index (κ1) is 22.8. The van der Waals surface area contributed by atoms with E-state index in [1.54, 1.807) is 12.1 Å². The summed E-state index contributed by atoms with van der Waals surface area (Å²) in [6.45, 7) is 2.97. The van der Waals surface area contributed by atoms with Gasteiger partial charge in [-0.05, 0) is 38.1 Å². The molecule has 3 aromatic rings. The summed E-state index contributed by atoms with van der Waals surface area (Å²) in [4.78, 5) is 26.4. The fourth-order valence-electron chi connectivity index (χ4n) is 2.38. The molecule has 0 atom stereocenters. The molecule has 32 heavy (non-hydrogen) atoms. The van der Waals surface area contributed by atoms with Crippen molar-refractivity contribution in [1.29, 1.82) is 5.26 Å². The van der Waals surface area contributed by atoms with Crippen LogP contribution in [-0.4, -0.2) is 33.9 Å². The van der Waals surface area contributed by atoms with Crippen molar-refractivity contribution in [1.82, 2.24) is 9.36 Å². The zero-order valence-corrected chi connectivity index (χ0v) is 18.3. The lowest BCUT2D eigenvalue weighted by Gasteiger charge is -2.02. The first-order valence-electron chi connectivity index (χ1n) is 8.97. The lowest BCUT2D eigenvalue weighted by Crippen LogP contribution is -2.16. The van der Waals surface area contributed by atoms with Gasteiger partial charge >= 0.3 is 0 Å². The molecule has 0 bridgehead atoms. The molecule has 13 heteroatoms. The molecule has 1 aromatic carbocycles. The van der Waals surface area contributed by atoms with E-state index in [-0.39, 0.29) is 22.2 Å². The third-order valence-electron chi connectivity index (χ3n) is 4.14. The number of amides is 1. The zero-order valence-electron chi connectivity index (χ0n) is 16.7. The van der Waals surface area contributed by atoms with E-state index in [9.17, 15) is 28.6 Å². The van der Waals surface area contributed by atoms with Crippen molar-refractivity contribution in [2.45, 2.75) is 24.3 Å². The molecule has 0 aliphatic carbocycles. The van der Waals surface area contributed by atoms with Gasteiger partial charge in [0.1, 0.15) is 23.2 Å². The van der Waals surface area contributed by atoms with Crippen molar-refractivity contribution in [3.8, 4) is 17.4 Å². The molecule has 0 saturated carbocycles. The minimum absolute atomic E-state index is 0.0649. The maximum Gasteiger partial charge on any atom is 0.269 e. The van der Waals surface area contributed by atoms with Crippen molar-refractivity contribution >= 4 is 44.2 Å². The number of rotatable bonds is 7. The van der Waals surface area contributed by atoms with Crippen molar-refractivity contribution in [3.05, 3.63) is 57.8 Å². The highest BCUT2D eigenvalue weighted by atomic mass is 32.2. The number of benzene rings is 1. The molecule has 0 aliphatic rings. The van der Waals surface area contributed by atoms with Crippen LogP contribution in [0.2, 0.25) is 0 Å². The Morgan fingerprint density at radius 1 is 1.28 bits per heavy atom. The van der Waals surface area contributed by atoms with E-state index >= 15 is 0 Å². The third-order valence-corrected chi connectivity index (χ3v) is 6.82. The highest BCUT2D eigenvalue weighted by molar-refractivity contribution is 7.91. The molecule has 0 aliphatic heterocycles. The van der Waals surface area contributed by atoms with Crippen LogP contribution in [0.4, 0.5) is 10.8 Å². The summed E-state index contributed by atoms with van der Waals surface area (Å²) in [6, 6.07) is 10.6. The Morgan fingerprint density at radius 2 is 1.97 bits per heavy atom. The molecule has 1 N–H and O–H groups in total. The van der Waals surface area contributed by atoms with E-state index in [0.717, 1.165) is 0 Å². The van der Waals surface area contributed by atoms with E-state index in [4.69, 9.17) is 4.42 Å². The number of nitro benzene ring substituents is 1. The Kier molecular flexibility index (Phi) is 6.47. The van der Waals surface area contributed by atoms with Crippen LogP contribution in [0.25, 0.3) is 17.4 Å². The second kappa shape index (κ2) is 9.08. The fraction of sp³-hybridized carbons (Fsp3) is 0.158. The van der Waals surface area contributed by atoms with Gasteiger partial charge in [0.15, 0.2) is 0 Å². The van der Waals surface area contributed by atoms with Crippen molar-refractivity contribution in [3.63, 3.8) is 0 Å². The van der Waals surface area contributed by atoms with Crippen molar-refractivity contribution < 1.29 is 22.6 Å². The molecule has 164 valence electrons. The van der Waals surface area contributed by atoms with E-state index in [1.807, 2.05) is 0 Å². The van der Waals surface area contributed by atoms with Crippen molar-refractivity contribution in [2.75, 3.05) is 5.32 Å². The number of aromatic nitrogens is 2. The molecule has 0 spiro atoms. The minimum Gasteiger partial charge on any atom is -0.457 e. The molecule has 1 amide bonds. The van der Waals surface area contributed by atoms with Crippen LogP contribution in [0.3, 0.4) is 0 Å². The molecule has 0 unspecified atom stereocenters. The number of hydrogen-bond acceptors (Lipinski definition) is 10. The predicted octanol–water partition coefficient (Wildman–Crippen LogP) is 3.43. The zero-order chi connectivity index (χ0) is 23.5. The molecular weight excluding hydrogens is 458 g/mol. The van der Waals surface area contributed by atoms with Gasteiger partial charge in [-0.3, -0.25) is 20.2 Å². The van der Waals surface area contributed by atoms with E-state index in [0.29, 0.717) is 22.9 Å². The quantitative estimate of drug-likeness (QED) is 0.234. The third kappa shape index (κ3) is 4.88. The van der Waals surface area contributed by atoms with Crippen molar-refractivity contribution in [2.24, 2.45) is 0 Å². The summed E-state index contributed by atoms with van der Waals surface area (Å²) in [5.41, 5.74) is 0.203. The average molecular weight is 473 g/mol. The highest BCUT2D eigenvalue weighted by Gasteiger charge is 2.25. The fourth-order valence-corrected chi connectivity index (χ4v) is 4.07. The molecule has 0 fully saturated rings. The largest absolute Gasteiger partial charge is 0.457 e. The Bertz CT molecular complexity index is 1350. The lowest BCUT2D eigenvalue weighted by atomic mass is 10.1. The Morgan fingerprint density at radius 3 is 2.56 bits per heavy atom. The van der Waals surface area contributed by atoms with Gasteiger partial charge in [-0.15, -0.1) is 0 Å². The van der Waals surface area contributed by atoms with Gasteiger partial charge in [0, 0.05) is 35.3 Å². The predicted molar refractivity (Wildman–Crippen MR) is 115 cm³/mol. The van der Waals surface area contributed by atoms with Gasteiger partial charge in [0.25, 0.3) is 16.8 Å². The number of sulfone groups is 1. The van der Waals surface area contributed by atoms with Crippen LogP contribution >= 0.6 is 11.5 Å². The summed E-state index contributed by atoms with van der Waals surface area (Å²) in [5.74, 6) is -0.229. The van der Waals surface area contributed by atoms with Crippen LogP contribution in [-0.2, 0) is 14.6 Å². The number of nitriles is 1. The second-order valence-electron chi connectivity index (χ2n) is 6.61. The van der Waals surface area contributed by atoms with E-state index in [1.165, 1.54) is 50.3 Å². The maximum absolute atomic E-state index is 12.4. The summed E-state index contributed by atoms with van der Waals surface area (Å²) < 4.78 is 33.5. The van der Waals surface area contributed by atoms with Gasteiger partial charge in [0.2, 0.25) is 15.0 Å². The van der Waals surface area contributed by atoms with E-state index < -0.39 is 31.1 Å². The SMILES string of the molecule is CC(C)S(=O)(=O)c1nsc(NC(=O)C(C#N)=Cc2ccc(-c3ccc([N+](=O)[O-])cc3)o2)n1. The maximum atomic E-state index is 12.4. The molecule has 2 aromatic heterocycles. The number of anilines is 1. The first-order chi connectivity index (χ1) is 15.1. The summed E-state index contributed by atoms with van der Waals surface area (Å²) in [5, 5.41) is 21.2. The normalized spacial score (nSPS) is 11.9. The standard InChI is InChI=1S/C19H15N5O6S2/c1-11(2)32(28,29)19-22-18(31-23-19)21-17(25)13(10-20)9-15-7-8-16(30-15)12-3-5-14(6-4-12)24(26)27/h3-9,11H,1-2H3,(H,21,22,23,25). The smallest absolute Gasteiger partial charge is 0.269 e. The van der Waals surface area contributed by atoms with Gasteiger partial charge < -0.3 is 4.42 Å². The summed E-state index contributed by atoms with van der Waals surface area (Å²) in [7, 11) is -3.69. The number of nitrogens with zero attached hydrogens (tertiary/aromatic N) is 4. The van der Waals surface area contributed by atoms with Gasteiger partial charge in [0.05, 0.1) is 10.2 Å². The van der Waals surface area contributed by atoms with Crippen LogP contribution in [0.5, 0.6) is 0 Å². The molecule has 11 nitrogen and oxygen atoms in total. The molecule has 0 saturated heterocycles. The lowest BCUT2D eigenvalue weighted by molar-refractivity contribution is -0.384. The number of carbonyl (C=O) groups is 1. The molecule has 0 radical (unpaired) electrons. The number of furan rings is 1. The second-order valence-corrected chi connectivity index (χ2v) is 9.76. The summed E-state index contributed by atoms with van der Waals surface area (Å²) >= 11 is 0.681. The van der Waals surface area contributed by atoms with Crippen LogP contribution in [0.15, 0.2) is 51.5 Å². The van der Waals surface area contributed by atoms with Gasteiger partial charge in [-0.25, -0.2) is 8.42 Å². The van der Waals surface area contributed by atoms with Crippen LogP contribution in [0.1, 0.15) is 19.6 Å². The van der Waals surface area contributed by atoms with Gasteiger partial charge in [-0.2, -0.15) is 14.6 Å². The average Bonchev–Trinajstić information content (AvgIpc) is 3.42. The Balaban J connectivity index is 1.77. The number of nitrogens with one attached hydrogen (secondary N) is 1.